The summed E-state index contributed by atoms with van der Waals surface area (Å²) in [6.07, 6.45) is 1.00. The zero-order valence-corrected chi connectivity index (χ0v) is 8.82. The van der Waals surface area contributed by atoms with E-state index in [1.54, 1.807) is 0 Å². The molecule has 1 saturated heterocycles. The van der Waals surface area contributed by atoms with Gasteiger partial charge >= 0.3 is 0 Å². The average Bonchev–Trinajstić information content (AvgIpc) is 2.30. The SMILES string of the molecule is Fc1ccc(CCN2CC[N]CC2)cc1. The van der Waals surface area contributed by atoms with E-state index in [1.807, 2.05) is 12.1 Å². The summed E-state index contributed by atoms with van der Waals surface area (Å²) in [5, 5.41) is 4.30. The average molecular weight is 207 g/mol. The lowest BCUT2D eigenvalue weighted by molar-refractivity contribution is 0.241. The summed E-state index contributed by atoms with van der Waals surface area (Å²) in [5.74, 6) is -0.157. The van der Waals surface area contributed by atoms with Crippen LogP contribution in [-0.4, -0.2) is 37.6 Å². The number of rotatable bonds is 3. The Morgan fingerprint density at radius 3 is 2.47 bits per heavy atom. The molecule has 0 unspecified atom stereocenters. The molecule has 1 radical (unpaired) electrons. The lowest BCUT2D eigenvalue weighted by Crippen LogP contribution is -2.41. The van der Waals surface area contributed by atoms with E-state index in [1.165, 1.54) is 17.7 Å². The van der Waals surface area contributed by atoms with Crippen LogP contribution in [0, 0.1) is 5.82 Å². The second-order valence-electron chi connectivity index (χ2n) is 3.89. The summed E-state index contributed by atoms with van der Waals surface area (Å²) in [7, 11) is 0. The van der Waals surface area contributed by atoms with Crippen LogP contribution in [0.2, 0.25) is 0 Å². The van der Waals surface area contributed by atoms with Gasteiger partial charge in [0.2, 0.25) is 0 Å². The van der Waals surface area contributed by atoms with Crippen LogP contribution >= 0.6 is 0 Å². The standard InChI is InChI=1S/C12H16FN2/c13-12-3-1-11(2-4-12)5-8-15-9-6-14-7-10-15/h1-4H,5-10H2. The molecule has 2 rings (SSSR count). The quantitative estimate of drug-likeness (QED) is 0.730. The Balaban J connectivity index is 1.79. The first-order valence-corrected chi connectivity index (χ1v) is 5.45. The molecule has 0 spiro atoms. The van der Waals surface area contributed by atoms with Gasteiger partial charge in [0.1, 0.15) is 5.82 Å². The number of benzene rings is 1. The summed E-state index contributed by atoms with van der Waals surface area (Å²) >= 11 is 0. The van der Waals surface area contributed by atoms with E-state index in [0.717, 1.165) is 39.1 Å². The first-order valence-electron chi connectivity index (χ1n) is 5.45. The third-order valence-electron chi connectivity index (χ3n) is 2.78. The van der Waals surface area contributed by atoms with Gasteiger partial charge in [-0.25, -0.2) is 9.71 Å². The zero-order valence-electron chi connectivity index (χ0n) is 8.82. The molecule has 0 aromatic heterocycles. The largest absolute Gasteiger partial charge is 0.300 e. The third kappa shape index (κ3) is 3.29. The molecule has 1 heterocycles. The van der Waals surface area contributed by atoms with Crippen molar-refractivity contribution >= 4 is 0 Å². The number of nitrogens with zero attached hydrogens (tertiary/aromatic N) is 2. The van der Waals surface area contributed by atoms with Crippen LogP contribution in [0.5, 0.6) is 0 Å². The van der Waals surface area contributed by atoms with Gasteiger partial charge in [-0.05, 0) is 24.1 Å². The topological polar surface area (TPSA) is 17.3 Å². The minimum atomic E-state index is -0.157. The van der Waals surface area contributed by atoms with E-state index in [-0.39, 0.29) is 5.82 Å². The lowest BCUT2D eigenvalue weighted by atomic mass is 10.1. The minimum Gasteiger partial charge on any atom is -0.300 e. The number of hydrogen-bond acceptors (Lipinski definition) is 1. The van der Waals surface area contributed by atoms with E-state index in [4.69, 9.17) is 0 Å². The molecule has 1 aliphatic rings. The molecule has 1 aromatic rings. The van der Waals surface area contributed by atoms with Crippen molar-refractivity contribution in [2.45, 2.75) is 6.42 Å². The fourth-order valence-electron chi connectivity index (χ4n) is 1.81. The first-order chi connectivity index (χ1) is 7.34. The third-order valence-corrected chi connectivity index (χ3v) is 2.78. The maximum atomic E-state index is 12.7. The van der Waals surface area contributed by atoms with Gasteiger partial charge in [0.25, 0.3) is 0 Å². The molecular weight excluding hydrogens is 191 g/mol. The van der Waals surface area contributed by atoms with Crippen molar-refractivity contribution < 1.29 is 4.39 Å². The van der Waals surface area contributed by atoms with Gasteiger partial charge in [-0.3, -0.25) is 0 Å². The van der Waals surface area contributed by atoms with Crippen molar-refractivity contribution in [1.29, 1.82) is 0 Å². The number of piperazine rings is 1. The van der Waals surface area contributed by atoms with Crippen LogP contribution in [0.4, 0.5) is 4.39 Å². The highest BCUT2D eigenvalue weighted by Crippen LogP contribution is 2.05. The lowest BCUT2D eigenvalue weighted by Gasteiger charge is -2.26. The monoisotopic (exact) mass is 207 g/mol. The van der Waals surface area contributed by atoms with Gasteiger partial charge in [0.15, 0.2) is 0 Å². The molecule has 1 aromatic carbocycles. The summed E-state index contributed by atoms with van der Waals surface area (Å²) in [6, 6.07) is 6.79. The normalized spacial score (nSPS) is 17.9. The van der Waals surface area contributed by atoms with Crippen molar-refractivity contribution in [2.24, 2.45) is 0 Å². The molecule has 81 valence electrons. The van der Waals surface area contributed by atoms with Crippen molar-refractivity contribution in [3.63, 3.8) is 0 Å². The van der Waals surface area contributed by atoms with Crippen LogP contribution in [0.25, 0.3) is 0 Å². The Hall–Kier alpha value is -0.930. The Kier molecular flexibility index (Phi) is 3.69. The van der Waals surface area contributed by atoms with E-state index in [2.05, 4.69) is 10.2 Å². The molecule has 0 bridgehead atoms. The number of hydrogen-bond donors (Lipinski definition) is 0. The molecule has 0 amide bonds. The maximum Gasteiger partial charge on any atom is 0.123 e. The molecule has 0 aliphatic carbocycles. The second-order valence-corrected chi connectivity index (χ2v) is 3.89. The van der Waals surface area contributed by atoms with Crippen LogP contribution in [0.15, 0.2) is 24.3 Å². The second kappa shape index (κ2) is 5.24. The van der Waals surface area contributed by atoms with Crippen LogP contribution < -0.4 is 5.32 Å². The molecule has 0 saturated carbocycles. The van der Waals surface area contributed by atoms with Gasteiger partial charge in [-0.2, -0.15) is 0 Å². The zero-order chi connectivity index (χ0) is 10.5. The Morgan fingerprint density at radius 2 is 1.80 bits per heavy atom. The van der Waals surface area contributed by atoms with Crippen LogP contribution in [-0.2, 0) is 6.42 Å². The van der Waals surface area contributed by atoms with E-state index >= 15 is 0 Å². The van der Waals surface area contributed by atoms with E-state index in [0.29, 0.717) is 0 Å². The van der Waals surface area contributed by atoms with Gasteiger partial charge in [-0.15, -0.1) is 0 Å². The predicted molar refractivity (Wildman–Crippen MR) is 58.4 cm³/mol. The summed E-state index contributed by atoms with van der Waals surface area (Å²) in [6.45, 7) is 5.12. The number of halogens is 1. The van der Waals surface area contributed by atoms with Crippen molar-refractivity contribution in [2.75, 3.05) is 32.7 Å². The summed E-state index contributed by atoms with van der Waals surface area (Å²) in [5.41, 5.74) is 1.21. The molecule has 0 N–H and O–H groups in total. The maximum absolute atomic E-state index is 12.7. The van der Waals surface area contributed by atoms with E-state index < -0.39 is 0 Å². The highest BCUT2D eigenvalue weighted by Gasteiger charge is 2.09. The molecule has 1 aliphatic heterocycles. The van der Waals surface area contributed by atoms with Crippen molar-refractivity contribution in [1.82, 2.24) is 10.2 Å². The smallest absolute Gasteiger partial charge is 0.123 e. The highest BCUT2D eigenvalue weighted by atomic mass is 19.1. The summed E-state index contributed by atoms with van der Waals surface area (Å²) < 4.78 is 12.7. The Bertz CT molecular complexity index is 291. The molecular formula is C12H16FN2. The predicted octanol–water partition coefficient (Wildman–Crippen LogP) is 1.29. The Morgan fingerprint density at radius 1 is 1.13 bits per heavy atom. The van der Waals surface area contributed by atoms with Crippen molar-refractivity contribution in [3.8, 4) is 0 Å². The van der Waals surface area contributed by atoms with Gasteiger partial charge in [0.05, 0.1) is 0 Å². The van der Waals surface area contributed by atoms with Crippen LogP contribution in [0.1, 0.15) is 5.56 Å². The molecule has 0 atom stereocenters. The van der Waals surface area contributed by atoms with E-state index in [9.17, 15) is 4.39 Å². The highest BCUT2D eigenvalue weighted by molar-refractivity contribution is 5.16. The molecule has 3 heteroatoms. The molecule has 15 heavy (non-hydrogen) atoms. The minimum absolute atomic E-state index is 0.157. The van der Waals surface area contributed by atoms with Gasteiger partial charge < -0.3 is 4.90 Å². The Labute approximate surface area is 90.1 Å². The van der Waals surface area contributed by atoms with Gasteiger partial charge in [-0.1, -0.05) is 12.1 Å². The summed E-state index contributed by atoms with van der Waals surface area (Å²) in [4.78, 5) is 2.41. The fourth-order valence-corrected chi connectivity index (χ4v) is 1.81. The van der Waals surface area contributed by atoms with Crippen molar-refractivity contribution in [3.05, 3.63) is 35.6 Å². The van der Waals surface area contributed by atoms with Crippen LogP contribution in [0.3, 0.4) is 0 Å². The first kappa shape index (κ1) is 10.6. The molecule has 1 fully saturated rings. The molecule has 2 nitrogen and oxygen atoms in total. The fraction of sp³-hybridized carbons (Fsp3) is 0.500. The van der Waals surface area contributed by atoms with Gasteiger partial charge in [0, 0.05) is 32.7 Å².